The molecule has 1 aliphatic carbocycles. The normalized spacial score (nSPS) is 13.9. The molecule has 3 aromatic rings. The van der Waals surface area contributed by atoms with Crippen molar-refractivity contribution in [2.45, 2.75) is 37.2 Å². The van der Waals surface area contributed by atoms with Crippen LogP contribution < -0.4 is 24.2 Å². The molecule has 4 rings (SSSR count). The predicted molar refractivity (Wildman–Crippen MR) is 143 cm³/mol. The first-order valence-corrected chi connectivity index (χ1v) is 14.4. The summed E-state index contributed by atoms with van der Waals surface area (Å²) in [5, 5.41) is 2.91. The minimum absolute atomic E-state index is 0.245. The Morgan fingerprint density at radius 1 is 1.02 bits per heavy atom. The zero-order valence-corrected chi connectivity index (χ0v) is 23.0. The van der Waals surface area contributed by atoms with E-state index in [0.717, 1.165) is 25.0 Å². The zero-order chi connectivity index (χ0) is 28.7. The Kier molecular flexibility index (Phi) is 9.54. The lowest BCUT2D eigenvalue weighted by molar-refractivity contribution is 0.0976. The molecule has 1 amide bonds. The van der Waals surface area contributed by atoms with Gasteiger partial charge in [0.1, 0.15) is 24.2 Å². The van der Waals surface area contributed by atoms with Crippen LogP contribution in [0.25, 0.3) is 0 Å². The summed E-state index contributed by atoms with van der Waals surface area (Å²) >= 11 is 0. The third kappa shape index (κ3) is 7.45. The molecular weight excluding hydrogens is 544 g/mol. The average Bonchev–Trinajstić information content (AvgIpc) is 3.78. The molecule has 1 saturated carbocycles. The predicted octanol–water partition coefficient (Wildman–Crippen LogP) is 4.40. The van der Waals surface area contributed by atoms with E-state index in [1.807, 2.05) is 0 Å². The minimum atomic E-state index is -4.36. The lowest BCUT2D eigenvalue weighted by Gasteiger charge is -2.18. The number of nitrogens with one attached hydrogen (secondary N) is 2. The first-order valence-electron chi connectivity index (χ1n) is 12.9. The number of nitrogens with zero attached hydrogens (tertiary/aromatic N) is 1. The summed E-state index contributed by atoms with van der Waals surface area (Å²) in [6.07, 6.45) is 3.58. The van der Waals surface area contributed by atoms with E-state index in [1.165, 1.54) is 24.3 Å². The number of aromatic nitrogens is 1. The average molecular weight is 576 g/mol. The monoisotopic (exact) mass is 575 g/mol. The third-order valence-electron chi connectivity index (χ3n) is 6.19. The van der Waals surface area contributed by atoms with Crippen LogP contribution in [-0.2, 0) is 10.0 Å². The largest absolute Gasteiger partial charge is 0.492 e. The summed E-state index contributed by atoms with van der Waals surface area (Å²) < 4.78 is 73.7. The smallest absolute Gasteiger partial charge is 0.268 e. The molecule has 12 heteroatoms. The number of pyridine rings is 1. The highest BCUT2D eigenvalue weighted by molar-refractivity contribution is 7.90. The minimum Gasteiger partial charge on any atom is -0.492 e. The van der Waals surface area contributed by atoms with Gasteiger partial charge in [0.25, 0.3) is 15.9 Å². The number of ether oxygens (including phenoxy) is 3. The van der Waals surface area contributed by atoms with Gasteiger partial charge in [-0.2, -0.15) is 4.39 Å². The molecule has 1 fully saturated rings. The Balaban J connectivity index is 1.41. The summed E-state index contributed by atoms with van der Waals surface area (Å²) in [5.41, 5.74) is -0.295. The van der Waals surface area contributed by atoms with Crippen molar-refractivity contribution in [1.29, 1.82) is 0 Å². The highest BCUT2D eigenvalue weighted by atomic mass is 32.2. The molecular formula is C28H31F2N3O6S. The van der Waals surface area contributed by atoms with E-state index in [-0.39, 0.29) is 4.90 Å². The van der Waals surface area contributed by atoms with Gasteiger partial charge in [-0.15, -0.1) is 0 Å². The van der Waals surface area contributed by atoms with Crippen molar-refractivity contribution in [3.05, 3.63) is 77.6 Å². The maximum absolute atomic E-state index is 14.9. The first-order chi connectivity index (χ1) is 19.2. The summed E-state index contributed by atoms with van der Waals surface area (Å²) in [5.74, 6) is -3.08. The number of likely N-dealkylation sites (N-methyl/N-ethyl adjacent to an activating group) is 1. The van der Waals surface area contributed by atoms with Gasteiger partial charge in [-0.3, -0.25) is 9.78 Å². The van der Waals surface area contributed by atoms with Crippen molar-refractivity contribution < 1.29 is 36.2 Å². The molecule has 214 valence electrons. The SMILES string of the molecule is CC[C@@H](Oc1ccc(C(=O)NS(=O)(=O)c2ccc(OCCNC)cc2)c(F)c1F)c1ccc(OCC2CC2)cn1. The molecule has 1 atom stereocenters. The van der Waals surface area contributed by atoms with Crippen LogP contribution in [0.3, 0.4) is 0 Å². The Morgan fingerprint density at radius 2 is 1.75 bits per heavy atom. The first kappa shape index (κ1) is 29.2. The lowest BCUT2D eigenvalue weighted by atomic mass is 10.1. The Morgan fingerprint density at radius 3 is 2.38 bits per heavy atom. The molecule has 1 aromatic heterocycles. The number of rotatable bonds is 14. The van der Waals surface area contributed by atoms with Gasteiger partial charge in [0, 0.05) is 6.54 Å². The molecule has 0 saturated heterocycles. The maximum Gasteiger partial charge on any atom is 0.268 e. The molecule has 0 spiro atoms. The van der Waals surface area contributed by atoms with Crippen molar-refractivity contribution >= 4 is 15.9 Å². The topological polar surface area (TPSA) is 116 Å². The summed E-state index contributed by atoms with van der Waals surface area (Å²) in [6.45, 7) is 3.41. The number of hydrogen-bond donors (Lipinski definition) is 2. The maximum atomic E-state index is 14.9. The number of carbonyl (C=O) groups is 1. The summed E-state index contributed by atoms with van der Waals surface area (Å²) in [4.78, 5) is 16.7. The summed E-state index contributed by atoms with van der Waals surface area (Å²) in [6, 6.07) is 10.8. The fourth-order valence-electron chi connectivity index (χ4n) is 3.69. The van der Waals surface area contributed by atoms with Crippen LogP contribution in [0.2, 0.25) is 0 Å². The van der Waals surface area contributed by atoms with Crippen molar-refractivity contribution in [2.24, 2.45) is 5.92 Å². The van der Waals surface area contributed by atoms with E-state index in [0.29, 0.717) is 49.3 Å². The molecule has 0 radical (unpaired) electrons. The van der Waals surface area contributed by atoms with E-state index in [4.69, 9.17) is 14.2 Å². The molecule has 0 bridgehead atoms. The van der Waals surface area contributed by atoms with Crippen molar-refractivity contribution in [1.82, 2.24) is 15.0 Å². The number of hydrogen-bond acceptors (Lipinski definition) is 8. The van der Waals surface area contributed by atoms with Crippen LogP contribution >= 0.6 is 0 Å². The van der Waals surface area contributed by atoms with Crippen LogP contribution in [-0.4, -0.2) is 46.1 Å². The van der Waals surface area contributed by atoms with Crippen LogP contribution in [0.4, 0.5) is 8.78 Å². The van der Waals surface area contributed by atoms with Gasteiger partial charge in [-0.1, -0.05) is 6.92 Å². The summed E-state index contributed by atoms with van der Waals surface area (Å²) in [7, 11) is -2.60. The van der Waals surface area contributed by atoms with Gasteiger partial charge in [0.15, 0.2) is 11.6 Å². The molecule has 0 unspecified atom stereocenters. The zero-order valence-electron chi connectivity index (χ0n) is 22.2. The van der Waals surface area contributed by atoms with E-state index in [1.54, 1.807) is 37.0 Å². The molecule has 1 aliphatic rings. The number of sulfonamides is 1. The van der Waals surface area contributed by atoms with Gasteiger partial charge in [0.05, 0.1) is 29.0 Å². The third-order valence-corrected chi connectivity index (χ3v) is 7.53. The Labute approximate surface area is 231 Å². The molecule has 1 heterocycles. The fraction of sp³-hybridized carbons (Fsp3) is 0.357. The second-order valence-electron chi connectivity index (χ2n) is 9.29. The quantitative estimate of drug-likeness (QED) is 0.272. The molecule has 40 heavy (non-hydrogen) atoms. The number of benzene rings is 2. The number of carbonyl (C=O) groups excluding carboxylic acids is 1. The van der Waals surface area contributed by atoms with Crippen molar-refractivity contribution in [3.8, 4) is 17.2 Å². The van der Waals surface area contributed by atoms with Crippen molar-refractivity contribution in [3.63, 3.8) is 0 Å². The van der Waals surface area contributed by atoms with Crippen LogP contribution in [0.1, 0.15) is 48.3 Å². The van der Waals surface area contributed by atoms with Crippen LogP contribution in [0.15, 0.2) is 59.6 Å². The van der Waals surface area contributed by atoms with E-state index in [2.05, 4.69) is 10.3 Å². The highest BCUT2D eigenvalue weighted by Gasteiger charge is 2.26. The Bertz CT molecular complexity index is 1420. The molecule has 2 N–H and O–H groups in total. The number of amides is 1. The van der Waals surface area contributed by atoms with Gasteiger partial charge < -0.3 is 19.5 Å². The van der Waals surface area contributed by atoms with Gasteiger partial charge >= 0.3 is 0 Å². The second kappa shape index (κ2) is 13.1. The molecule has 9 nitrogen and oxygen atoms in total. The second-order valence-corrected chi connectivity index (χ2v) is 11.0. The van der Waals surface area contributed by atoms with E-state index >= 15 is 0 Å². The van der Waals surface area contributed by atoms with Gasteiger partial charge in [0.2, 0.25) is 5.82 Å². The Hall–Kier alpha value is -3.77. The van der Waals surface area contributed by atoms with Crippen molar-refractivity contribution in [2.75, 3.05) is 26.8 Å². The standard InChI is InChI=1S/C28H31F2N3O6S/c1-3-24(23-12-8-20(16-32-23)38-17-18-4-5-18)39-25-13-11-22(26(29)27(25)30)28(34)33-40(35,36)21-9-6-19(7-10-21)37-15-14-31-2/h6-13,16,18,24,31H,3-5,14-15,17H2,1-2H3,(H,33,34)/t24-/m1/s1. The van der Waals surface area contributed by atoms with Gasteiger partial charge in [-0.05, 0) is 80.8 Å². The van der Waals surface area contributed by atoms with Crippen LogP contribution in [0, 0.1) is 17.6 Å². The van der Waals surface area contributed by atoms with E-state index in [9.17, 15) is 22.0 Å². The molecule has 2 aromatic carbocycles. The number of halogens is 2. The van der Waals surface area contributed by atoms with Crippen LogP contribution in [0.5, 0.6) is 17.2 Å². The highest BCUT2D eigenvalue weighted by Crippen LogP contribution is 2.31. The van der Waals surface area contributed by atoms with Gasteiger partial charge in [-0.25, -0.2) is 17.5 Å². The fourth-order valence-corrected chi connectivity index (χ4v) is 4.66. The molecule has 0 aliphatic heterocycles. The van der Waals surface area contributed by atoms with E-state index < -0.39 is 45.0 Å². The lowest BCUT2D eigenvalue weighted by Crippen LogP contribution is -2.31.